The van der Waals surface area contributed by atoms with E-state index in [9.17, 15) is 14.4 Å². The van der Waals surface area contributed by atoms with Crippen LogP contribution in [-0.2, 0) is 20.7 Å². The van der Waals surface area contributed by atoms with Crippen LogP contribution in [0.5, 0.6) is 0 Å². The number of amides is 3. The first-order valence-corrected chi connectivity index (χ1v) is 14.3. The number of carbonyl (C=O) groups excluding carboxylic acids is 3. The minimum Gasteiger partial charge on any atom is -0.444 e. The van der Waals surface area contributed by atoms with E-state index < -0.39 is 11.7 Å². The SMILES string of the molecule is CC(C)(C)OC(=O)NCCc1ccc(NC(=O)C2CCC3(C(=O)Nc4ccc(Br)cc4)CCCC2C3)cc1. The number of rotatable bonds is 7. The van der Waals surface area contributed by atoms with Crippen LogP contribution < -0.4 is 16.0 Å². The maximum Gasteiger partial charge on any atom is 0.407 e. The van der Waals surface area contributed by atoms with E-state index in [-0.39, 0.29) is 29.1 Å². The number of nitrogens with one attached hydrogen (secondary N) is 3. The van der Waals surface area contributed by atoms with Crippen LogP contribution in [0.3, 0.4) is 0 Å². The lowest BCUT2D eigenvalue weighted by atomic mass is 9.58. The molecule has 2 aliphatic carbocycles. The maximum absolute atomic E-state index is 13.3. The van der Waals surface area contributed by atoms with Gasteiger partial charge in [0.15, 0.2) is 0 Å². The molecular formula is C30H38BrN3O4. The highest BCUT2D eigenvalue weighted by Gasteiger charge is 2.49. The molecule has 38 heavy (non-hydrogen) atoms. The Kier molecular flexibility index (Phi) is 8.81. The van der Waals surface area contributed by atoms with E-state index in [0.717, 1.165) is 59.9 Å². The molecule has 0 aromatic heterocycles. The molecule has 2 fully saturated rings. The molecule has 2 bridgehead atoms. The Bertz CT molecular complexity index is 1140. The number of ether oxygens (including phenoxy) is 1. The zero-order valence-electron chi connectivity index (χ0n) is 22.4. The molecule has 2 aromatic rings. The number of anilines is 2. The fourth-order valence-corrected chi connectivity index (χ4v) is 5.99. The summed E-state index contributed by atoms with van der Waals surface area (Å²) in [5.41, 5.74) is 1.72. The van der Waals surface area contributed by atoms with Crippen molar-refractivity contribution >= 4 is 45.2 Å². The quantitative estimate of drug-likeness (QED) is 0.338. The molecule has 0 saturated heterocycles. The van der Waals surface area contributed by atoms with E-state index >= 15 is 0 Å². The van der Waals surface area contributed by atoms with Crippen molar-refractivity contribution in [1.82, 2.24) is 5.32 Å². The second-order valence-electron chi connectivity index (χ2n) is 11.6. The Morgan fingerprint density at radius 1 is 0.947 bits per heavy atom. The van der Waals surface area contributed by atoms with Crippen LogP contribution >= 0.6 is 15.9 Å². The fourth-order valence-electron chi connectivity index (χ4n) is 5.72. The molecule has 2 saturated carbocycles. The number of alkyl carbamates (subject to hydrolysis) is 1. The highest BCUT2D eigenvalue weighted by molar-refractivity contribution is 9.10. The molecule has 8 heteroatoms. The molecule has 0 spiro atoms. The Hall–Kier alpha value is -2.87. The summed E-state index contributed by atoms with van der Waals surface area (Å²) in [6, 6.07) is 15.4. The average Bonchev–Trinajstić information content (AvgIpc) is 2.85. The Morgan fingerprint density at radius 2 is 1.61 bits per heavy atom. The predicted octanol–water partition coefficient (Wildman–Crippen LogP) is 6.68. The second kappa shape index (κ2) is 11.9. The molecule has 2 aromatic carbocycles. The van der Waals surface area contributed by atoms with Gasteiger partial charge in [-0.1, -0.05) is 34.5 Å². The van der Waals surface area contributed by atoms with Gasteiger partial charge in [0, 0.05) is 33.7 Å². The zero-order chi connectivity index (χ0) is 27.3. The van der Waals surface area contributed by atoms with Crippen LogP contribution in [0.2, 0.25) is 0 Å². The summed E-state index contributed by atoms with van der Waals surface area (Å²) in [7, 11) is 0. The van der Waals surface area contributed by atoms with Crippen LogP contribution in [0.25, 0.3) is 0 Å². The summed E-state index contributed by atoms with van der Waals surface area (Å²) in [5, 5.41) is 8.97. The predicted molar refractivity (Wildman–Crippen MR) is 153 cm³/mol. The summed E-state index contributed by atoms with van der Waals surface area (Å²) in [6.45, 7) is 5.97. The van der Waals surface area contributed by atoms with Crippen molar-refractivity contribution in [3.63, 3.8) is 0 Å². The highest BCUT2D eigenvalue weighted by Crippen LogP contribution is 2.52. The summed E-state index contributed by atoms with van der Waals surface area (Å²) >= 11 is 3.43. The molecule has 3 N–H and O–H groups in total. The van der Waals surface area contributed by atoms with Crippen LogP contribution in [0.4, 0.5) is 16.2 Å². The lowest BCUT2D eigenvalue weighted by molar-refractivity contribution is -0.136. The largest absolute Gasteiger partial charge is 0.444 e. The van der Waals surface area contributed by atoms with Gasteiger partial charge in [-0.2, -0.15) is 0 Å². The van der Waals surface area contributed by atoms with E-state index in [0.29, 0.717) is 13.0 Å². The van der Waals surface area contributed by atoms with Crippen LogP contribution in [0.1, 0.15) is 64.9 Å². The summed E-state index contributed by atoms with van der Waals surface area (Å²) in [4.78, 5) is 38.3. The molecule has 204 valence electrons. The number of benzene rings is 2. The van der Waals surface area contributed by atoms with E-state index in [2.05, 4.69) is 31.9 Å². The van der Waals surface area contributed by atoms with Gasteiger partial charge in [-0.15, -0.1) is 0 Å². The maximum atomic E-state index is 13.3. The molecule has 3 unspecified atom stereocenters. The standard InChI is InChI=1S/C30H38BrN3O4/c1-29(2,3)38-28(37)32-18-15-20-6-10-23(11-7-20)33-26(35)25-14-17-30(16-4-5-21(25)19-30)27(36)34-24-12-8-22(31)9-13-24/h6-13,21,25H,4-5,14-19H2,1-3H3,(H,32,37)(H,33,35)(H,34,36). The molecule has 7 nitrogen and oxygen atoms in total. The van der Waals surface area contributed by atoms with Gasteiger partial charge in [0.25, 0.3) is 0 Å². The van der Waals surface area contributed by atoms with Crippen molar-refractivity contribution in [3.8, 4) is 0 Å². The number of fused-ring (bicyclic) bond motifs is 2. The lowest BCUT2D eigenvalue weighted by Gasteiger charge is -2.47. The van der Waals surface area contributed by atoms with E-state index in [1.165, 1.54) is 0 Å². The smallest absolute Gasteiger partial charge is 0.407 e. The Morgan fingerprint density at radius 3 is 2.29 bits per heavy atom. The minimum atomic E-state index is -0.520. The molecule has 4 rings (SSSR count). The first-order valence-electron chi connectivity index (χ1n) is 13.5. The monoisotopic (exact) mass is 583 g/mol. The molecule has 0 radical (unpaired) electrons. The van der Waals surface area contributed by atoms with Crippen molar-refractivity contribution in [3.05, 3.63) is 58.6 Å². The van der Waals surface area contributed by atoms with Crippen molar-refractivity contribution < 1.29 is 19.1 Å². The van der Waals surface area contributed by atoms with Gasteiger partial charge >= 0.3 is 6.09 Å². The zero-order valence-corrected chi connectivity index (χ0v) is 24.0. The highest BCUT2D eigenvalue weighted by atomic mass is 79.9. The summed E-state index contributed by atoms with van der Waals surface area (Å²) < 4.78 is 6.23. The number of halogens is 1. The lowest BCUT2D eigenvalue weighted by Crippen LogP contribution is -2.47. The van der Waals surface area contributed by atoms with E-state index in [1.807, 2.05) is 69.3 Å². The van der Waals surface area contributed by atoms with Gasteiger partial charge in [0.1, 0.15) is 5.60 Å². The molecule has 3 amide bonds. The van der Waals surface area contributed by atoms with Gasteiger partial charge < -0.3 is 20.7 Å². The number of hydrogen-bond acceptors (Lipinski definition) is 4. The average molecular weight is 585 g/mol. The Labute approximate surface area is 233 Å². The van der Waals surface area contributed by atoms with E-state index in [4.69, 9.17) is 4.74 Å². The molecular weight excluding hydrogens is 546 g/mol. The van der Waals surface area contributed by atoms with Crippen molar-refractivity contribution in [2.75, 3.05) is 17.2 Å². The van der Waals surface area contributed by atoms with Crippen molar-refractivity contribution in [2.45, 2.75) is 71.3 Å². The van der Waals surface area contributed by atoms with E-state index in [1.54, 1.807) is 0 Å². The van der Waals surface area contributed by atoms with Crippen LogP contribution in [0.15, 0.2) is 53.0 Å². The normalized spacial score (nSPS) is 22.7. The fraction of sp³-hybridized carbons (Fsp3) is 0.500. The minimum absolute atomic E-state index is 0.0400. The van der Waals surface area contributed by atoms with Gasteiger partial charge in [-0.25, -0.2) is 4.79 Å². The topological polar surface area (TPSA) is 96.5 Å². The van der Waals surface area contributed by atoms with Crippen LogP contribution in [0, 0.1) is 17.3 Å². The number of carbonyl (C=O) groups is 3. The third kappa shape index (κ3) is 7.37. The first-order chi connectivity index (χ1) is 18.0. The first kappa shape index (κ1) is 28.1. The molecule has 3 atom stereocenters. The van der Waals surface area contributed by atoms with Gasteiger partial charge in [-0.3, -0.25) is 9.59 Å². The second-order valence-corrected chi connectivity index (χ2v) is 12.5. The van der Waals surface area contributed by atoms with Crippen LogP contribution in [-0.4, -0.2) is 30.1 Å². The van der Waals surface area contributed by atoms with Crippen molar-refractivity contribution in [2.24, 2.45) is 17.3 Å². The summed E-state index contributed by atoms with van der Waals surface area (Å²) in [6.07, 6.45) is 5.28. The van der Waals surface area contributed by atoms with Crippen molar-refractivity contribution in [1.29, 1.82) is 0 Å². The Balaban J connectivity index is 1.28. The van der Waals surface area contributed by atoms with Gasteiger partial charge in [0.2, 0.25) is 11.8 Å². The summed E-state index contributed by atoms with van der Waals surface area (Å²) in [5.74, 6) is 0.256. The molecule has 2 aliphatic rings. The third-order valence-corrected chi connectivity index (χ3v) is 8.14. The number of hydrogen-bond donors (Lipinski definition) is 3. The molecule has 0 aliphatic heterocycles. The van der Waals surface area contributed by atoms with Gasteiger partial charge in [0.05, 0.1) is 0 Å². The van der Waals surface area contributed by atoms with Gasteiger partial charge in [-0.05, 0) is 107 Å². The molecule has 0 heterocycles. The third-order valence-electron chi connectivity index (χ3n) is 7.61.